The van der Waals surface area contributed by atoms with Gasteiger partial charge in [-0.3, -0.25) is 4.79 Å². The molecule has 1 fully saturated rings. The predicted octanol–water partition coefficient (Wildman–Crippen LogP) is 4.67. The van der Waals surface area contributed by atoms with Crippen LogP contribution in [0, 0.1) is 0 Å². The number of nitrogens with zero attached hydrogens (tertiary/aromatic N) is 1. The maximum atomic E-state index is 11.3. The number of carbonyl (C=O) groups excluding carboxylic acids is 1. The second-order valence-corrected chi connectivity index (χ2v) is 6.73. The summed E-state index contributed by atoms with van der Waals surface area (Å²) in [7, 11) is 0. The van der Waals surface area contributed by atoms with Gasteiger partial charge in [0, 0.05) is 31.6 Å². The second kappa shape index (κ2) is 9.94. The molecule has 0 aromatic heterocycles. The van der Waals surface area contributed by atoms with Crippen molar-refractivity contribution < 1.29 is 4.79 Å². The van der Waals surface area contributed by atoms with Crippen LogP contribution >= 0.6 is 12.6 Å². The van der Waals surface area contributed by atoms with E-state index in [4.69, 9.17) is 0 Å². The molecule has 0 unspecified atom stereocenters. The minimum Gasteiger partial charge on any atom is -0.371 e. The van der Waals surface area contributed by atoms with E-state index >= 15 is 0 Å². The van der Waals surface area contributed by atoms with Crippen LogP contribution in [0.3, 0.4) is 0 Å². The van der Waals surface area contributed by atoms with Crippen LogP contribution in [-0.2, 0) is 11.2 Å². The molecule has 0 atom stereocenters. The minimum absolute atomic E-state index is 0.405. The van der Waals surface area contributed by atoms with Gasteiger partial charge in [-0.1, -0.05) is 37.8 Å². The summed E-state index contributed by atoms with van der Waals surface area (Å²) in [6.07, 6.45) is 10.5. The lowest BCUT2D eigenvalue weighted by Crippen LogP contribution is -2.33. The van der Waals surface area contributed by atoms with E-state index in [-0.39, 0.29) is 0 Å². The summed E-state index contributed by atoms with van der Waals surface area (Å²) in [5, 5.41) is 0. The molecule has 1 saturated heterocycles. The lowest BCUT2D eigenvalue weighted by Gasteiger charge is -2.28. The largest absolute Gasteiger partial charge is 0.371 e. The molecule has 1 aliphatic rings. The van der Waals surface area contributed by atoms with Gasteiger partial charge in [0.1, 0.15) is 5.78 Å². The summed E-state index contributed by atoms with van der Waals surface area (Å²) in [4.78, 5) is 13.6. The number of anilines is 1. The Kier molecular flexibility index (Phi) is 7.86. The number of hydrogen-bond donors (Lipinski definition) is 1. The molecule has 0 bridgehead atoms. The number of Topliss-reactive ketones (excluding diaryl/α,β-unsaturated/α-hetero) is 1. The summed E-state index contributed by atoms with van der Waals surface area (Å²) in [6.45, 7) is 1.76. The van der Waals surface area contributed by atoms with Crippen LogP contribution in [-0.4, -0.2) is 24.6 Å². The smallest absolute Gasteiger partial charge is 0.136 e. The first-order chi connectivity index (χ1) is 10.8. The highest BCUT2D eigenvalue weighted by Gasteiger charge is 2.16. The number of carbonyl (C=O) groups is 1. The zero-order valence-corrected chi connectivity index (χ0v) is 14.5. The summed E-state index contributed by atoms with van der Waals surface area (Å²) in [5.74, 6) is 1.43. The van der Waals surface area contributed by atoms with Crippen LogP contribution in [0.1, 0.15) is 56.9 Å². The highest BCUT2D eigenvalue weighted by atomic mass is 32.1. The Labute approximate surface area is 140 Å². The fourth-order valence-corrected chi connectivity index (χ4v) is 3.26. The molecule has 0 amide bonds. The normalized spacial score (nSPS) is 15.3. The molecule has 0 radical (unpaired) electrons. The SMILES string of the molecule is O=C1CCN(c2ccc(CCCCCCCCS)cc2)CC1. The van der Waals surface area contributed by atoms with E-state index < -0.39 is 0 Å². The maximum Gasteiger partial charge on any atom is 0.136 e. The quantitative estimate of drug-likeness (QED) is 0.527. The Morgan fingerprint density at radius 2 is 1.45 bits per heavy atom. The number of ketones is 1. The molecular weight excluding hydrogens is 290 g/mol. The second-order valence-electron chi connectivity index (χ2n) is 6.29. The molecule has 2 nitrogen and oxygen atoms in total. The third-order valence-electron chi connectivity index (χ3n) is 4.50. The van der Waals surface area contributed by atoms with Gasteiger partial charge >= 0.3 is 0 Å². The molecule has 0 N–H and O–H groups in total. The van der Waals surface area contributed by atoms with Crippen molar-refractivity contribution in [2.24, 2.45) is 0 Å². The Hall–Kier alpha value is -0.960. The van der Waals surface area contributed by atoms with Gasteiger partial charge in [0.2, 0.25) is 0 Å². The third-order valence-corrected chi connectivity index (χ3v) is 4.81. The number of piperidine rings is 1. The average molecular weight is 320 g/mol. The van der Waals surface area contributed by atoms with E-state index in [1.54, 1.807) is 0 Å². The van der Waals surface area contributed by atoms with Gasteiger partial charge in [0.15, 0.2) is 0 Å². The molecule has 2 rings (SSSR count). The average Bonchev–Trinajstić information content (AvgIpc) is 2.55. The number of rotatable bonds is 9. The summed E-state index contributed by atoms with van der Waals surface area (Å²) in [5.41, 5.74) is 2.70. The number of benzene rings is 1. The molecule has 1 heterocycles. The van der Waals surface area contributed by atoms with Gasteiger partial charge in [0.25, 0.3) is 0 Å². The van der Waals surface area contributed by atoms with E-state index in [1.165, 1.54) is 56.2 Å². The Morgan fingerprint density at radius 1 is 0.864 bits per heavy atom. The Morgan fingerprint density at radius 3 is 2.09 bits per heavy atom. The number of thiol groups is 1. The summed E-state index contributed by atoms with van der Waals surface area (Å²) >= 11 is 4.24. The molecule has 3 heteroatoms. The lowest BCUT2D eigenvalue weighted by molar-refractivity contribution is -0.119. The van der Waals surface area contributed by atoms with E-state index in [0.717, 1.165) is 18.8 Å². The van der Waals surface area contributed by atoms with Crippen LogP contribution < -0.4 is 4.90 Å². The van der Waals surface area contributed by atoms with E-state index in [1.807, 2.05) is 0 Å². The molecule has 1 aromatic rings. The highest BCUT2D eigenvalue weighted by molar-refractivity contribution is 7.80. The molecule has 22 heavy (non-hydrogen) atoms. The Bertz CT molecular complexity index is 433. The van der Waals surface area contributed by atoms with Gasteiger partial charge in [-0.2, -0.15) is 12.6 Å². The zero-order chi connectivity index (χ0) is 15.6. The van der Waals surface area contributed by atoms with Gasteiger partial charge in [-0.25, -0.2) is 0 Å². The monoisotopic (exact) mass is 319 g/mol. The lowest BCUT2D eigenvalue weighted by atomic mass is 10.0. The van der Waals surface area contributed by atoms with Gasteiger partial charge in [-0.15, -0.1) is 0 Å². The van der Waals surface area contributed by atoms with Crippen LogP contribution in [0.25, 0.3) is 0 Å². The molecule has 122 valence electrons. The van der Waals surface area contributed by atoms with Crippen molar-refractivity contribution >= 4 is 24.1 Å². The van der Waals surface area contributed by atoms with Crippen molar-refractivity contribution in [3.63, 3.8) is 0 Å². The standard InChI is InChI=1S/C19H29NOS/c21-19-12-14-20(15-13-19)18-10-8-17(9-11-18)7-5-3-1-2-4-6-16-22/h8-11,22H,1-7,12-16H2. The van der Waals surface area contributed by atoms with Crippen LogP contribution in [0.15, 0.2) is 24.3 Å². The molecule has 0 saturated carbocycles. The molecule has 1 aliphatic heterocycles. The van der Waals surface area contributed by atoms with Crippen LogP contribution in [0.4, 0.5) is 5.69 Å². The van der Waals surface area contributed by atoms with Gasteiger partial charge < -0.3 is 4.90 Å². The topological polar surface area (TPSA) is 20.3 Å². The summed E-state index contributed by atoms with van der Waals surface area (Å²) < 4.78 is 0. The first-order valence-electron chi connectivity index (χ1n) is 8.76. The third kappa shape index (κ3) is 6.04. The highest BCUT2D eigenvalue weighted by Crippen LogP contribution is 2.20. The van der Waals surface area contributed by atoms with Crippen molar-refractivity contribution in [1.82, 2.24) is 0 Å². The number of hydrogen-bond acceptors (Lipinski definition) is 3. The van der Waals surface area contributed by atoms with Crippen molar-refractivity contribution in [3.05, 3.63) is 29.8 Å². The van der Waals surface area contributed by atoms with Crippen LogP contribution in [0.5, 0.6) is 0 Å². The van der Waals surface area contributed by atoms with E-state index in [0.29, 0.717) is 18.6 Å². The van der Waals surface area contributed by atoms with Crippen molar-refractivity contribution in [2.45, 2.75) is 57.8 Å². The van der Waals surface area contributed by atoms with Crippen molar-refractivity contribution in [2.75, 3.05) is 23.7 Å². The van der Waals surface area contributed by atoms with Crippen LogP contribution in [0.2, 0.25) is 0 Å². The maximum absolute atomic E-state index is 11.3. The molecule has 1 aromatic carbocycles. The van der Waals surface area contributed by atoms with Gasteiger partial charge in [-0.05, 0) is 42.7 Å². The molecule has 0 spiro atoms. The van der Waals surface area contributed by atoms with Gasteiger partial charge in [0.05, 0.1) is 0 Å². The fraction of sp³-hybridized carbons (Fsp3) is 0.632. The van der Waals surface area contributed by atoms with Crippen molar-refractivity contribution in [3.8, 4) is 0 Å². The Balaban J connectivity index is 1.65. The van der Waals surface area contributed by atoms with Crippen molar-refractivity contribution in [1.29, 1.82) is 0 Å². The number of unbranched alkanes of at least 4 members (excludes halogenated alkanes) is 5. The van der Waals surface area contributed by atoms with E-state index in [9.17, 15) is 4.79 Å². The predicted molar refractivity (Wildman–Crippen MR) is 98.2 cm³/mol. The minimum atomic E-state index is 0.405. The number of aryl methyl sites for hydroxylation is 1. The first kappa shape index (κ1) is 17.4. The molecular formula is C19H29NOS. The summed E-state index contributed by atoms with van der Waals surface area (Å²) in [6, 6.07) is 8.95. The molecule has 0 aliphatic carbocycles. The van der Waals surface area contributed by atoms with E-state index in [2.05, 4.69) is 41.8 Å². The fourth-order valence-electron chi connectivity index (χ4n) is 3.04. The first-order valence-corrected chi connectivity index (χ1v) is 9.39. The zero-order valence-electron chi connectivity index (χ0n) is 13.6.